The molecular formula is C21H23F4N7O5S. The number of hydrogen-bond donors (Lipinski definition) is 4. The minimum atomic E-state index is -3.23. The number of amides is 4. The van der Waals surface area contributed by atoms with Crippen molar-refractivity contribution in [2.24, 2.45) is 0 Å². The molecule has 0 spiro atoms. The third-order valence-electron chi connectivity index (χ3n) is 5.66. The topological polar surface area (TPSA) is 139 Å². The Morgan fingerprint density at radius 1 is 1.24 bits per heavy atom. The van der Waals surface area contributed by atoms with Crippen molar-refractivity contribution in [2.45, 2.75) is 19.1 Å². The SMILES string of the molecule is O=C(NC[C@H]1CN(c2cc(F)c(N3CCNN(C(=O)Nc4nc(CO)cs4)CC3)c(F)c2)C(=O)O1)C(F)F. The highest BCUT2D eigenvalue weighted by Gasteiger charge is 2.34. The van der Waals surface area contributed by atoms with Gasteiger partial charge in [0, 0.05) is 37.1 Å². The summed E-state index contributed by atoms with van der Waals surface area (Å²) < 4.78 is 59.8. The standard InChI is InChI=1S/C21H23F4N7O5S/c22-14-5-12(31-8-13(37-21(31)36)7-26-18(34)17(24)25)6-15(23)16(14)30-2-1-27-32(4-3-30)20(35)29-19-28-11(9-33)10-38-19/h5-6,10,13,17,27,33H,1-4,7-9H2,(H,26,34)(H,28,29,35)/t13-/m0/s1. The Labute approximate surface area is 217 Å². The third kappa shape index (κ3) is 6.22. The smallest absolute Gasteiger partial charge is 0.414 e. The molecule has 17 heteroatoms. The molecule has 3 heterocycles. The van der Waals surface area contributed by atoms with Crippen molar-refractivity contribution >= 4 is 45.9 Å². The highest BCUT2D eigenvalue weighted by Crippen LogP contribution is 2.31. The van der Waals surface area contributed by atoms with Crippen LogP contribution in [0.2, 0.25) is 0 Å². The van der Waals surface area contributed by atoms with Crippen LogP contribution in [0, 0.1) is 11.6 Å². The first-order valence-corrected chi connectivity index (χ1v) is 12.2. The fourth-order valence-electron chi connectivity index (χ4n) is 3.86. The summed E-state index contributed by atoms with van der Waals surface area (Å²) in [4.78, 5) is 42.1. The molecule has 2 fully saturated rings. The van der Waals surface area contributed by atoms with E-state index in [4.69, 9.17) is 9.84 Å². The molecule has 1 atom stereocenters. The number of aromatic nitrogens is 1. The molecule has 12 nitrogen and oxygen atoms in total. The van der Waals surface area contributed by atoms with E-state index in [2.05, 4.69) is 15.7 Å². The fraction of sp³-hybridized carbons (Fsp3) is 0.429. The quantitative estimate of drug-likeness (QED) is 0.373. The van der Waals surface area contributed by atoms with E-state index in [9.17, 15) is 23.2 Å². The Morgan fingerprint density at radius 3 is 2.63 bits per heavy atom. The first-order valence-electron chi connectivity index (χ1n) is 11.3. The number of benzene rings is 1. The molecule has 0 bridgehead atoms. The van der Waals surface area contributed by atoms with Crippen LogP contribution in [-0.2, 0) is 16.1 Å². The number of rotatable bonds is 7. The van der Waals surface area contributed by atoms with Crippen LogP contribution >= 0.6 is 11.3 Å². The fourth-order valence-corrected chi connectivity index (χ4v) is 4.56. The lowest BCUT2D eigenvalue weighted by atomic mass is 10.2. The lowest BCUT2D eigenvalue weighted by Crippen LogP contribution is -2.46. The number of carbonyl (C=O) groups excluding carboxylic acids is 3. The molecule has 38 heavy (non-hydrogen) atoms. The zero-order valence-electron chi connectivity index (χ0n) is 19.6. The number of hydrazine groups is 1. The Hall–Kier alpha value is -3.70. The van der Waals surface area contributed by atoms with Crippen molar-refractivity contribution in [1.82, 2.24) is 20.7 Å². The van der Waals surface area contributed by atoms with Crippen LogP contribution in [0.25, 0.3) is 0 Å². The van der Waals surface area contributed by atoms with Gasteiger partial charge < -0.3 is 20.1 Å². The van der Waals surface area contributed by atoms with Gasteiger partial charge in [-0.05, 0) is 0 Å². The number of thiazole rings is 1. The minimum absolute atomic E-state index is 0.0646. The maximum atomic E-state index is 15.1. The predicted molar refractivity (Wildman–Crippen MR) is 127 cm³/mol. The van der Waals surface area contributed by atoms with Crippen molar-refractivity contribution in [1.29, 1.82) is 0 Å². The van der Waals surface area contributed by atoms with Gasteiger partial charge in [-0.3, -0.25) is 20.0 Å². The minimum Gasteiger partial charge on any atom is -0.442 e. The summed E-state index contributed by atoms with van der Waals surface area (Å²) in [5.74, 6) is -3.44. The number of alkyl halides is 2. The van der Waals surface area contributed by atoms with Gasteiger partial charge in [-0.25, -0.2) is 28.8 Å². The van der Waals surface area contributed by atoms with E-state index in [0.717, 1.165) is 28.4 Å². The zero-order valence-corrected chi connectivity index (χ0v) is 20.4. The van der Waals surface area contributed by atoms with Gasteiger partial charge in [0.1, 0.15) is 11.8 Å². The Morgan fingerprint density at radius 2 is 1.97 bits per heavy atom. The van der Waals surface area contributed by atoms with Crippen molar-refractivity contribution < 1.29 is 41.8 Å². The molecule has 1 aromatic heterocycles. The van der Waals surface area contributed by atoms with Crippen molar-refractivity contribution in [2.75, 3.05) is 54.4 Å². The summed E-state index contributed by atoms with van der Waals surface area (Å²) in [6.45, 7) is -0.390. The molecule has 2 saturated heterocycles. The van der Waals surface area contributed by atoms with Gasteiger partial charge in [-0.2, -0.15) is 8.78 Å². The predicted octanol–water partition coefficient (Wildman–Crippen LogP) is 1.48. The molecule has 4 N–H and O–H groups in total. The van der Waals surface area contributed by atoms with Crippen LogP contribution in [-0.4, -0.2) is 84.9 Å². The molecule has 4 amide bonds. The van der Waals surface area contributed by atoms with E-state index in [1.165, 1.54) is 9.91 Å². The monoisotopic (exact) mass is 561 g/mol. The number of nitrogens with zero attached hydrogens (tertiary/aromatic N) is 4. The summed E-state index contributed by atoms with van der Waals surface area (Å²) in [6.07, 6.45) is -5.16. The van der Waals surface area contributed by atoms with Gasteiger partial charge in [0.15, 0.2) is 16.8 Å². The van der Waals surface area contributed by atoms with E-state index >= 15 is 8.78 Å². The summed E-state index contributed by atoms with van der Waals surface area (Å²) in [6, 6.07) is 1.36. The highest BCUT2D eigenvalue weighted by molar-refractivity contribution is 7.13. The number of anilines is 3. The molecule has 2 aliphatic heterocycles. The Balaban J connectivity index is 1.38. The highest BCUT2D eigenvalue weighted by atomic mass is 32.1. The van der Waals surface area contributed by atoms with Crippen LogP contribution in [0.4, 0.5) is 43.7 Å². The molecule has 206 valence electrons. The molecule has 2 aliphatic rings. The number of urea groups is 1. The second-order valence-electron chi connectivity index (χ2n) is 8.20. The van der Waals surface area contributed by atoms with Crippen LogP contribution < -0.4 is 25.9 Å². The van der Waals surface area contributed by atoms with Gasteiger partial charge in [0.25, 0.3) is 5.91 Å². The second-order valence-corrected chi connectivity index (χ2v) is 9.06. The van der Waals surface area contributed by atoms with Crippen molar-refractivity contribution in [3.8, 4) is 0 Å². The number of nitrogens with one attached hydrogen (secondary N) is 3. The number of halogens is 4. The molecule has 4 rings (SSSR count). The Kier molecular flexibility index (Phi) is 8.48. The zero-order chi connectivity index (χ0) is 27.4. The number of aliphatic hydroxyl groups is 1. The number of aliphatic hydroxyl groups excluding tert-OH is 1. The largest absolute Gasteiger partial charge is 0.442 e. The van der Waals surface area contributed by atoms with Crippen LogP contribution in [0.5, 0.6) is 0 Å². The van der Waals surface area contributed by atoms with E-state index in [0.29, 0.717) is 5.69 Å². The molecule has 1 aromatic carbocycles. The second kappa shape index (κ2) is 11.8. The average molecular weight is 562 g/mol. The van der Waals surface area contributed by atoms with Gasteiger partial charge in [-0.1, -0.05) is 0 Å². The van der Waals surface area contributed by atoms with Gasteiger partial charge in [-0.15, -0.1) is 11.3 Å². The van der Waals surface area contributed by atoms with Gasteiger partial charge >= 0.3 is 18.5 Å². The number of ether oxygens (including phenoxy) is 1. The first kappa shape index (κ1) is 27.3. The lowest BCUT2D eigenvalue weighted by Gasteiger charge is -2.25. The van der Waals surface area contributed by atoms with Crippen LogP contribution in [0.15, 0.2) is 17.5 Å². The molecule has 0 unspecified atom stereocenters. The molecular weight excluding hydrogens is 538 g/mol. The van der Waals surface area contributed by atoms with Gasteiger partial charge in [0.05, 0.1) is 37.6 Å². The maximum Gasteiger partial charge on any atom is 0.414 e. The van der Waals surface area contributed by atoms with Crippen molar-refractivity contribution in [3.63, 3.8) is 0 Å². The third-order valence-corrected chi connectivity index (χ3v) is 6.46. The van der Waals surface area contributed by atoms with Crippen LogP contribution in [0.3, 0.4) is 0 Å². The number of hydrogen-bond acceptors (Lipinski definition) is 9. The summed E-state index contributed by atoms with van der Waals surface area (Å²) in [5.41, 5.74) is 2.79. The number of cyclic esters (lactones) is 1. The first-order chi connectivity index (χ1) is 18.2. The van der Waals surface area contributed by atoms with Gasteiger partial charge in [0.2, 0.25) is 0 Å². The molecule has 2 aromatic rings. The number of carbonyl (C=O) groups is 3. The maximum absolute atomic E-state index is 15.1. The van der Waals surface area contributed by atoms with Crippen LogP contribution in [0.1, 0.15) is 5.69 Å². The van der Waals surface area contributed by atoms with Crippen molar-refractivity contribution in [3.05, 3.63) is 34.8 Å². The average Bonchev–Trinajstić information content (AvgIpc) is 3.40. The summed E-state index contributed by atoms with van der Waals surface area (Å²) in [5, 5.41) is 16.7. The summed E-state index contributed by atoms with van der Waals surface area (Å²) >= 11 is 1.14. The summed E-state index contributed by atoms with van der Waals surface area (Å²) in [7, 11) is 0. The van der Waals surface area contributed by atoms with E-state index < -0.39 is 42.2 Å². The molecule has 0 saturated carbocycles. The molecule has 0 radical (unpaired) electrons. The van der Waals surface area contributed by atoms with E-state index in [1.54, 1.807) is 5.38 Å². The Bertz CT molecular complexity index is 1180. The van der Waals surface area contributed by atoms with E-state index in [1.807, 2.05) is 5.32 Å². The normalized spacial score (nSPS) is 18.0. The molecule has 0 aliphatic carbocycles. The van der Waals surface area contributed by atoms with E-state index in [-0.39, 0.29) is 62.4 Å². The lowest BCUT2D eigenvalue weighted by molar-refractivity contribution is -0.132.